The molecule has 0 aliphatic rings. The standard InChI is InChI=1S/C35H28N6O12S3.3Na/c1-18-5-3-4-6-27(18)38-40-31-29(55(48,49)50)16-20-14-22(7-10-25(20)33(31)42)36-35(44)37-23-8-11-26-21(15-23)17-30(56(51,52)53)32(34(26)43)41-39-28-12-9-24(13-19(28)2)54(45,46)47;;;/h3-17,42-43H,1-2H3,(H2,36,37,44)(H,45,46,47)(H,48,49,50)(H,51,52,53);;;/q;3*+1/p-3. The molecule has 0 aliphatic heterocycles. The van der Waals surface area contributed by atoms with Crippen molar-refractivity contribution in [1.29, 1.82) is 0 Å². The van der Waals surface area contributed by atoms with E-state index in [4.69, 9.17) is 0 Å². The Kier molecular flexibility index (Phi) is 16.6. The van der Waals surface area contributed by atoms with Crippen LogP contribution in [-0.4, -0.2) is 44.9 Å². The van der Waals surface area contributed by atoms with Gasteiger partial charge in [-0.3, -0.25) is 9.11 Å². The average molecular weight is 887 g/mol. The van der Waals surface area contributed by atoms with Crippen molar-refractivity contribution in [1.82, 2.24) is 0 Å². The number of fused-ring (bicyclic) bond motifs is 2. The third-order valence-electron chi connectivity index (χ3n) is 8.22. The first-order valence-corrected chi connectivity index (χ1v) is 20.0. The predicted octanol–water partition coefficient (Wildman–Crippen LogP) is -2.36. The molecule has 288 valence electrons. The largest absolute Gasteiger partial charge is 1.00 e. The smallest absolute Gasteiger partial charge is 0.871 e. The molecule has 6 aromatic rings. The van der Waals surface area contributed by atoms with Crippen LogP contribution in [-0.2, 0) is 30.4 Å². The molecule has 0 fully saturated rings. The number of nitrogens with zero attached hydrogens (tertiary/aromatic N) is 4. The Balaban J connectivity index is 0.00000310. The molecular weight excluding hydrogens is 862 g/mol. The van der Waals surface area contributed by atoms with Gasteiger partial charge in [0.2, 0.25) is 0 Å². The number of benzene rings is 6. The summed E-state index contributed by atoms with van der Waals surface area (Å²) >= 11 is 0. The third kappa shape index (κ3) is 11.5. The Bertz CT molecular complexity index is 3040. The molecule has 0 aliphatic carbocycles. The van der Waals surface area contributed by atoms with Gasteiger partial charge in [0.1, 0.15) is 19.9 Å². The summed E-state index contributed by atoms with van der Waals surface area (Å²) in [5.41, 5.74) is -0.0412. The van der Waals surface area contributed by atoms with Crippen LogP contribution in [0.5, 0.6) is 11.5 Å². The number of hydrogen-bond acceptors (Lipinski definition) is 14. The van der Waals surface area contributed by atoms with Crippen molar-refractivity contribution in [3.8, 4) is 11.5 Å². The molecule has 2 amide bonds. The van der Waals surface area contributed by atoms with Gasteiger partial charge in [-0.2, -0.15) is 27.1 Å². The van der Waals surface area contributed by atoms with Crippen molar-refractivity contribution in [2.45, 2.75) is 28.5 Å². The second-order valence-electron chi connectivity index (χ2n) is 12.1. The normalized spacial score (nSPS) is 11.9. The Morgan fingerprint density at radius 2 is 1.02 bits per heavy atom. The Morgan fingerprint density at radius 1 is 0.576 bits per heavy atom. The van der Waals surface area contributed by atoms with Crippen molar-refractivity contribution in [3.63, 3.8) is 0 Å². The second-order valence-corrected chi connectivity index (χ2v) is 16.3. The first-order chi connectivity index (χ1) is 26.2. The van der Waals surface area contributed by atoms with E-state index in [1.54, 1.807) is 31.2 Å². The van der Waals surface area contributed by atoms with Crippen molar-refractivity contribution in [2.75, 3.05) is 10.6 Å². The number of carbonyl (C=O) groups excluding carboxylic acids is 1. The summed E-state index contributed by atoms with van der Waals surface area (Å²) in [6.45, 7) is 3.13. The molecule has 0 atom stereocenters. The van der Waals surface area contributed by atoms with Crippen molar-refractivity contribution in [3.05, 3.63) is 102 Å². The van der Waals surface area contributed by atoms with Crippen LogP contribution < -0.4 is 110 Å². The van der Waals surface area contributed by atoms with E-state index >= 15 is 0 Å². The van der Waals surface area contributed by atoms with Gasteiger partial charge in [0.25, 0.3) is 20.2 Å². The fraction of sp³-hybridized carbons (Fsp3) is 0.0571. The van der Waals surface area contributed by atoms with Crippen LogP contribution in [0.1, 0.15) is 11.1 Å². The fourth-order valence-electron chi connectivity index (χ4n) is 5.49. The average Bonchev–Trinajstić information content (AvgIpc) is 3.10. The minimum Gasteiger partial charge on any atom is -0.871 e. The van der Waals surface area contributed by atoms with Crippen molar-refractivity contribution >= 4 is 92.1 Å². The SMILES string of the molecule is Cc1ccccc1N=Nc1c(S(=O)(=O)O)cc2cc(NC(=O)Nc3ccc4c([O-])c(N=Nc5ccc(S(=O)(=O)[O-])cc5C)c(S(=O)(=O)O)cc4c3)ccc2c1[O-].[Na+].[Na+].[Na+]. The van der Waals surface area contributed by atoms with E-state index in [-0.39, 0.29) is 133 Å². The first kappa shape index (κ1) is 50.0. The monoisotopic (exact) mass is 886 g/mol. The van der Waals surface area contributed by atoms with Crippen LogP contribution in [0.25, 0.3) is 21.5 Å². The summed E-state index contributed by atoms with van der Waals surface area (Å²) in [5.74, 6) is -1.82. The van der Waals surface area contributed by atoms with E-state index in [1.807, 2.05) is 0 Å². The molecule has 0 unspecified atom stereocenters. The van der Waals surface area contributed by atoms with Gasteiger partial charge in [0.05, 0.1) is 27.6 Å². The molecule has 0 aromatic heterocycles. The van der Waals surface area contributed by atoms with Gasteiger partial charge in [-0.25, -0.2) is 13.2 Å². The number of aryl methyl sites for hydroxylation is 2. The number of hydrogen-bond donors (Lipinski definition) is 4. The molecule has 0 bridgehead atoms. The number of amides is 2. The van der Waals surface area contributed by atoms with E-state index in [0.29, 0.717) is 11.3 Å². The van der Waals surface area contributed by atoms with Gasteiger partial charge in [-0.1, -0.05) is 41.8 Å². The van der Waals surface area contributed by atoms with E-state index in [0.717, 1.165) is 30.3 Å². The van der Waals surface area contributed by atoms with Gasteiger partial charge in [0.15, 0.2) is 0 Å². The second kappa shape index (κ2) is 19.6. The molecule has 0 saturated carbocycles. The van der Waals surface area contributed by atoms with Crippen LogP contribution in [0.15, 0.2) is 126 Å². The zero-order valence-electron chi connectivity index (χ0n) is 31.7. The molecule has 18 nitrogen and oxygen atoms in total. The minimum absolute atomic E-state index is 0. The van der Waals surface area contributed by atoms with Crippen LogP contribution in [0.4, 0.5) is 38.9 Å². The molecule has 0 spiro atoms. The first-order valence-electron chi connectivity index (χ1n) is 15.7. The summed E-state index contributed by atoms with van der Waals surface area (Å²) in [6, 6.07) is 18.6. The Hall–Kier alpha value is -3.36. The third-order valence-corrected chi connectivity index (χ3v) is 10.8. The summed E-state index contributed by atoms with van der Waals surface area (Å²) < 4.78 is 103. The van der Waals surface area contributed by atoms with Crippen LogP contribution in [0.2, 0.25) is 0 Å². The van der Waals surface area contributed by atoms with Gasteiger partial charge in [-0.15, -0.1) is 10.2 Å². The molecule has 6 rings (SSSR count). The van der Waals surface area contributed by atoms with Gasteiger partial charge in [0, 0.05) is 11.4 Å². The molecule has 0 heterocycles. The van der Waals surface area contributed by atoms with Gasteiger partial charge >= 0.3 is 94.7 Å². The Morgan fingerprint density at radius 3 is 1.42 bits per heavy atom. The summed E-state index contributed by atoms with van der Waals surface area (Å²) in [6.07, 6.45) is 0. The minimum atomic E-state index is -5.08. The van der Waals surface area contributed by atoms with Crippen LogP contribution in [0, 0.1) is 13.8 Å². The molecule has 6 aromatic carbocycles. The number of anilines is 2. The number of urea groups is 1. The van der Waals surface area contributed by atoms with E-state index in [9.17, 15) is 53.9 Å². The summed E-state index contributed by atoms with van der Waals surface area (Å²) in [7, 11) is -14.8. The summed E-state index contributed by atoms with van der Waals surface area (Å²) in [5, 5.41) is 47.0. The van der Waals surface area contributed by atoms with Crippen molar-refractivity contribution < 1.29 is 143 Å². The number of azo groups is 2. The van der Waals surface area contributed by atoms with Crippen LogP contribution >= 0.6 is 0 Å². The van der Waals surface area contributed by atoms with Gasteiger partial charge < -0.3 is 25.4 Å². The molecule has 4 N–H and O–H groups in total. The topological polar surface area (TPSA) is 303 Å². The zero-order chi connectivity index (χ0) is 40.7. The maximum atomic E-state index is 13.4. The fourth-order valence-corrected chi connectivity index (χ4v) is 7.35. The number of rotatable bonds is 9. The summed E-state index contributed by atoms with van der Waals surface area (Å²) in [4.78, 5) is 10.7. The maximum absolute atomic E-state index is 13.4. The van der Waals surface area contributed by atoms with E-state index in [2.05, 4.69) is 31.1 Å². The van der Waals surface area contributed by atoms with Crippen LogP contribution in [0.3, 0.4) is 0 Å². The Labute approximate surface area is 403 Å². The van der Waals surface area contributed by atoms with Crippen molar-refractivity contribution in [2.24, 2.45) is 20.5 Å². The van der Waals surface area contributed by atoms with Gasteiger partial charge in [-0.05, 0) is 107 Å². The zero-order valence-corrected chi connectivity index (χ0v) is 40.1. The van der Waals surface area contributed by atoms with E-state index in [1.165, 1.54) is 43.3 Å². The molecule has 59 heavy (non-hydrogen) atoms. The molecular formula is C35H25N6Na3O12S3. The quantitative estimate of drug-likeness (QED) is 0.0674. The molecule has 0 saturated heterocycles. The number of nitrogens with one attached hydrogen (secondary N) is 2. The molecule has 24 heteroatoms. The molecule has 0 radical (unpaired) electrons. The van der Waals surface area contributed by atoms with E-state index < -0.39 is 73.9 Å². The predicted molar refractivity (Wildman–Crippen MR) is 198 cm³/mol. The maximum Gasteiger partial charge on any atom is 1.00 e. The number of carbonyl (C=O) groups is 1.